The van der Waals surface area contributed by atoms with E-state index >= 15 is 0 Å². The molecular weight excluding hydrogens is 298 g/mol. The van der Waals surface area contributed by atoms with Crippen molar-refractivity contribution in [1.29, 1.82) is 0 Å². The van der Waals surface area contributed by atoms with Crippen molar-refractivity contribution in [2.45, 2.75) is 32.6 Å². The first-order valence-corrected chi connectivity index (χ1v) is 8.59. The van der Waals surface area contributed by atoms with Crippen LogP contribution < -0.4 is 10.1 Å². The molecule has 0 saturated heterocycles. The number of carbonyl (C=O) groups is 1. The lowest BCUT2D eigenvalue weighted by Gasteiger charge is -2.18. The van der Waals surface area contributed by atoms with Crippen LogP contribution in [0.4, 0.5) is 5.69 Å². The zero-order chi connectivity index (χ0) is 16.8. The van der Waals surface area contributed by atoms with Crippen LogP contribution in [0.15, 0.2) is 54.7 Å². The quantitative estimate of drug-likeness (QED) is 0.615. The van der Waals surface area contributed by atoms with Crippen molar-refractivity contribution in [2.24, 2.45) is 0 Å². The summed E-state index contributed by atoms with van der Waals surface area (Å²) in [5.74, 6) is 0.766. The Balaban J connectivity index is 1.65. The molecule has 1 aliphatic rings. The Labute approximate surface area is 143 Å². The predicted octanol–water partition coefficient (Wildman–Crippen LogP) is 4.77. The van der Waals surface area contributed by atoms with Gasteiger partial charge in [0.25, 0.3) is 0 Å². The first kappa shape index (κ1) is 16.3. The molecule has 3 rings (SSSR count). The molecular formula is C21H23NO2. The number of hydrogen-bond acceptors (Lipinski definition) is 3. The number of carbonyl (C=O) groups excluding carboxylic acids is 1. The van der Waals surface area contributed by atoms with Crippen molar-refractivity contribution >= 4 is 11.5 Å². The molecule has 124 valence electrons. The fraction of sp³-hybridized carbons (Fsp3) is 0.286. The van der Waals surface area contributed by atoms with Crippen LogP contribution in [0.1, 0.15) is 41.3 Å². The molecule has 0 saturated carbocycles. The maximum absolute atomic E-state index is 12.2. The van der Waals surface area contributed by atoms with Gasteiger partial charge in [-0.15, -0.1) is 0 Å². The Morgan fingerprint density at radius 1 is 1.12 bits per heavy atom. The molecule has 0 spiro atoms. The van der Waals surface area contributed by atoms with Gasteiger partial charge in [-0.2, -0.15) is 0 Å². The van der Waals surface area contributed by atoms with E-state index in [1.165, 1.54) is 24.0 Å². The van der Waals surface area contributed by atoms with Gasteiger partial charge in [-0.25, -0.2) is 0 Å². The third kappa shape index (κ3) is 3.85. The molecule has 0 unspecified atom stereocenters. The minimum Gasteiger partial charge on any atom is -0.494 e. The molecule has 0 aliphatic heterocycles. The van der Waals surface area contributed by atoms with Crippen molar-refractivity contribution in [1.82, 2.24) is 0 Å². The summed E-state index contributed by atoms with van der Waals surface area (Å²) in [6.07, 6.45) is 8.09. The summed E-state index contributed by atoms with van der Waals surface area (Å²) in [5, 5.41) is 3.28. The van der Waals surface area contributed by atoms with Crippen LogP contribution in [0.2, 0.25) is 0 Å². The molecule has 2 aromatic rings. The molecule has 3 heteroatoms. The van der Waals surface area contributed by atoms with Crippen LogP contribution in [-0.2, 0) is 12.8 Å². The summed E-state index contributed by atoms with van der Waals surface area (Å²) in [6, 6.07) is 13.6. The largest absolute Gasteiger partial charge is 0.494 e. The monoisotopic (exact) mass is 321 g/mol. The number of nitrogens with one attached hydrogen (secondary N) is 1. The topological polar surface area (TPSA) is 38.3 Å². The second-order valence-electron chi connectivity index (χ2n) is 5.95. The molecule has 0 amide bonds. The summed E-state index contributed by atoms with van der Waals surface area (Å²) in [4.78, 5) is 12.2. The van der Waals surface area contributed by atoms with Gasteiger partial charge in [-0.1, -0.05) is 12.1 Å². The number of hydrogen-bond donors (Lipinski definition) is 1. The number of aryl methyl sites for hydroxylation is 1. The van der Waals surface area contributed by atoms with E-state index in [9.17, 15) is 4.79 Å². The van der Waals surface area contributed by atoms with E-state index in [1.807, 2.05) is 19.1 Å². The average molecular weight is 321 g/mol. The maximum atomic E-state index is 12.2. The van der Waals surface area contributed by atoms with Crippen LogP contribution in [0.5, 0.6) is 5.75 Å². The van der Waals surface area contributed by atoms with Crippen LogP contribution >= 0.6 is 0 Å². The van der Waals surface area contributed by atoms with Gasteiger partial charge in [-0.05, 0) is 74.1 Å². The van der Waals surface area contributed by atoms with Crippen molar-refractivity contribution in [3.05, 3.63) is 71.4 Å². The summed E-state index contributed by atoms with van der Waals surface area (Å²) in [5.41, 5.74) is 4.59. The van der Waals surface area contributed by atoms with Crippen molar-refractivity contribution in [2.75, 3.05) is 11.9 Å². The fourth-order valence-corrected chi connectivity index (χ4v) is 3.10. The lowest BCUT2D eigenvalue weighted by atomic mass is 9.90. The Bertz CT molecular complexity index is 732. The molecule has 2 aromatic carbocycles. The Kier molecular flexibility index (Phi) is 5.32. The third-order valence-corrected chi connectivity index (χ3v) is 4.32. The number of allylic oxidation sites excluding steroid dienone is 1. The number of anilines is 1. The Morgan fingerprint density at radius 3 is 2.71 bits per heavy atom. The van der Waals surface area contributed by atoms with Gasteiger partial charge in [0.15, 0.2) is 5.78 Å². The summed E-state index contributed by atoms with van der Waals surface area (Å²) in [7, 11) is 0. The van der Waals surface area contributed by atoms with Crippen LogP contribution in [0, 0.1) is 0 Å². The van der Waals surface area contributed by atoms with Gasteiger partial charge in [0, 0.05) is 23.5 Å². The standard InChI is InChI=1S/C21H23NO2/c1-2-24-18-12-10-17(11-13-18)21(23)14-15-22-20-9-5-7-16-6-3-4-8-19(16)20/h5,7,9-15,22H,2-4,6,8H2,1H3. The highest BCUT2D eigenvalue weighted by atomic mass is 16.5. The molecule has 24 heavy (non-hydrogen) atoms. The van der Waals surface area contributed by atoms with Crippen LogP contribution in [0.3, 0.4) is 0 Å². The average Bonchev–Trinajstić information content (AvgIpc) is 2.63. The van der Waals surface area contributed by atoms with Gasteiger partial charge < -0.3 is 10.1 Å². The van der Waals surface area contributed by atoms with Crippen molar-refractivity contribution in [3.8, 4) is 5.75 Å². The van der Waals surface area contributed by atoms with E-state index in [1.54, 1.807) is 24.4 Å². The van der Waals surface area contributed by atoms with Gasteiger partial charge in [0.05, 0.1) is 6.61 Å². The molecule has 0 atom stereocenters. The second kappa shape index (κ2) is 7.82. The minimum atomic E-state index is -0.0182. The SMILES string of the molecule is CCOc1ccc(C(=O)C=CNc2cccc3c2CCCC3)cc1. The summed E-state index contributed by atoms with van der Waals surface area (Å²) in [6.45, 7) is 2.56. The number of benzene rings is 2. The molecule has 1 N–H and O–H groups in total. The van der Waals surface area contributed by atoms with Crippen molar-refractivity contribution in [3.63, 3.8) is 0 Å². The molecule has 0 heterocycles. The normalized spacial score (nSPS) is 13.5. The Hall–Kier alpha value is -2.55. The molecule has 0 radical (unpaired) electrons. The van der Waals surface area contributed by atoms with Crippen molar-refractivity contribution < 1.29 is 9.53 Å². The molecule has 0 fully saturated rings. The van der Waals surface area contributed by atoms with Gasteiger partial charge in [0.2, 0.25) is 0 Å². The highest BCUT2D eigenvalue weighted by Gasteiger charge is 2.12. The predicted molar refractivity (Wildman–Crippen MR) is 97.8 cm³/mol. The molecule has 3 nitrogen and oxygen atoms in total. The number of rotatable bonds is 6. The molecule has 0 aromatic heterocycles. The summed E-state index contributed by atoms with van der Waals surface area (Å²) >= 11 is 0. The highest BCUT2D eigenvalue weighted by molar-refractivity contribution is 6.04. The summed E-state index contributed by atoms with van der Waals surface area (Å²) < 4.78 is 5.39. The van der Waals surface area contributed by atoms with Crippen LogP contribution in [0.25, 0.3) is 0 Å². The zero-order valence-electron chi connectivity index (χ0n) is 14.0. The number of ether oxygens (including phenoxy) is 1. The van der Waals surface area contributed by atoms with E-state index in [4.69, 9.17) is 4.74 Å². The smallest absolute Gasteiger partial charge is 0.187 e. The van der Waals surface area contributed by atoms with Gasteiger partial charge in [-0.3, -0.25) is 4.79 Å². The van der Waals surface area contributed by atoms with E-state index in [-0.39, 0.29) is 5.78 Å². The number of fused-ring (bicyclic) bond motifs is 1. The minimum absolute atomic E-state index is 0.0182. The fourth-order valence-electron chi connectivity index (χ4n) is 3.10. The van der Waals surface area contributed by atoms with E-state index in [2.05, 4.69) is 23.5 Å². The van der Waals surface area contributed by atoms with E-state index < -0.39 is 0 Å². The zero-order valence-corrected chi connectivity index (χ0v) is 14.0. The Morgan fingerprint density at radius 2 is 1.92 bits per heavy atom. The third-order valence-electron chi connectivity index (χ3n) is 4.32. The second-order valence-corrected chi connectivity index (χ2v) is 5.95. The highest BCUT2D eigenvalue weighted by Crippen LogP contribution is 2.27. The lowest BCUT2D eigenvalue weighted by molar-refractivity contribution is 0.104. The first-order valence-electron chi connectivity index (χ1n) is 8.59. The maximum Gasteiger partial charge on any atom is 0.187 e. The van der Waals surface area contributed by atoms with Gasteiger partial charge >= 0.3 is 0 Å². The van der Waals surface area contributed by atoms with E-state index in [0.717, 1.165) is 24.3 Å². The molecule has 1 aliphatic carbocycles. The van der Waals surface area contributed by atoms with Gasteiger partial charge in [0.1, 0.15) is 5.75 Å². The lowest BCUT2D eigenvalue weighted by Crippen LogP contribution is -2.06. The first-order chi connectivity index (χ1) is 11.8. The number of ketones is 1. The van der Waals surface area contributed by atoms with Crippen LogP contribution in [-0.4, -0.2) is 12.4 Å². The van der Waals surface area contributed by atoms with E-state index in [0.29, 0.717) is 12.2 Å². The molecule has 0 bridgehead atoms.